The molecule has 1 aliphatic heterocycles. The Morgan fingerprint density at radius 2 is 1.87 bits per heavy atom. The summed E-state index contributed by atoms with van der Waals surface area (Å²) >= 11 is 8.77. The SMILES string of the molecule is O=C1S/C(=C\c2cc(Cl)cc(I)c2O)C(=O)N1c1ccccc1. The number of imide groups is 1. The lowest BCUT2D eigenvalue weighted by molar-refractivity contribution is -0.113. The number of rotatable bonds is 2. The fourth-order valence-electron chi connectivity index (χ4n) is 2.10. The van der Waals surface area contributed by atoms with Crippen molar-refractivity contribution in [2.45, 2.75) is 0 Å². The lowest BCUT2D eigenvalue weighted by Crippen LogP contribution is -2.27. The van der Waals surface area contributed by atoms with Gasteiger partial charge in [-0.2, -0.15) is 0 Å². The van der Waals surface area contributed by atoms with Crippen LogP contribution < -0.4 is 4.90 Å². The normalized spacial score (nSPS) is 16.4. The molecule has 2 aromatic carbocycles. The van der Waals surface area contributed by atoms with Gasteiger partial charge in [0.05, 0.1) is 14.2 Å². The second-order valence-corrected chi connectivity index (χ2v) is 7.27. The molecule has 0 bridgehead atoms. The molecule has 23 heavy (non-hydrogen) atoms. The zero-order chi connectivity index (χ0) is 16.6. The van der Waals surface area contributed by atoms with Gasteiger partial charge in [0.15, 0.2) is 0 Å². The second kappa shape index (κ2) is 6.54. The number of halogens is 2. The molecule has 0 aliphatic carbocycles. The number of hydrogen-bond donors (Lipinski definition) is 1. The molecule has 1 N–H and O–H groups in total. The number of benzene rings is 2. The van der Waals surface area contributed by atoms with Crippen molar-refractivity contribution in [3.8, 4) is 5.75 Å². The number of thioether (sulfide) groups is 1. The van der Waals surface area contributed by atoms with Crippen molar-refractivity contribution < 1.29 is 14.7 Å². The maximum absolute atomic E-state index is 12.5. The molecule has 2 aromatic rings. The molecule has 2 amide bonds. The van der Waals surface area contributed by atoms with Crippen LogP contribution in [0.1, 0.15) is 5.56 Å². The minimum Gasteiger partial charge on any atom is -0.506 e. The molecule has 0 atom stereocenters. The van der Waals surface area contributed by atoms with E-state index in [0.29, 0.717) is 19.8 Å². The smallest absolute Gasteiger partial charge is 0.298 e. The first-order valence-corrected chi connectivity index (χ1v) is 8.75. The third-order valence-corrected chi connectivity index (χ3v) is 5.06. The summed E-state index contributed by atoms with van der Waals surface area (Å²) in [5, 5.41) is 10.2. The Balaban J connectivity index is 2.00. The first kappa shape index (κ1) is 16.4. The summed E-state index contributed by atoms with van der Waals surface area (Å²) in [5.41, 5.74) is 0.920. The van der Waals surface area contributed by atoms with E-state index < -0.39 is 5.91 Å². The van der Waals surface area contributed by atoms with E-state index in [-0.39, 0.29) is 15.9 Å². The minimum absolute atomic E-state index is 0.0292. The average molecular weight is 458 g/mol. The first-order chi connectivity index (χ1) is 11.0. The molecule has 0 saturated carbocycles. The Labute approximate surface area is 155 Å². The fourth-order valence-corrected chi connectivity index (χ4v) is 3.99. The van der Waals surface area contributed by atoms with Gasteiger partial charge >= 0.3 is 0 Å². The quantitative estimate of drug-likeness (QED) is 0.515. The maximum atomic E-state index is 12.5. The zero-order valence-corrected chi connectivity index (χ0v) is 15.2. The number of hydrogen-bond acceptors (Lipinski definition) is 4. The van der Waals surface area contributed by atoms with Crippen molar-refractivity contribution in [2.24, 2.45) is 0 Å². The highest BCUT2D eigenvalue weighted by atomic mass is 127. The van der Waals surface area contributed by atoms with Gasteiger partial charge in [0.2, 0.25) is 0 Å². The van der Waals surface area contributed by atoms with Crippen molar-refractivity contribution >= 4 is 68.9 Å². The molecule has 4 nitrogen and oxygen atoms in total. The van der Waals surface area contributed by atoms with Crippen LogP contribution in [0.25, 0.3) is 6.08 Å². The highest BCUT2D eigenvalue weighted by Gasteiger charge is 2.36. The van der Waals surface area contributed by atoms with E-state index in [0.717, 1.165) is 16.7 Å². The van der Waals surface area contributed by atoms with E-state index in [1.54, 1.807) is 36.4 Å². The van der Waals surface area contributed by atoms with E-state index in [1.807, 2.05) is 28.7 Å². The third kappa shape index (κ3) is 3.24. The molecule has 1 heterocycles. The molecule has 0 radical (unpaired) electrons. The van der Waals surface area contributed by atoms with Crippen LogP contribution in [0, 0.1) is 3.57 Å². The van der Waals surface area contributed by atoms with Gasteiger partial charge in [-0.25, -0.2) is 4.90 Å². The van der Waals surface area contributed by atoms with Crippen LogP contribution in [0.5, 0.6) is 5.75 Å². The van der Waals surface area contributed by atoms with Gasteiger partial charge in [0, 0.05) is 10.6 Å². The topological polar surface area (TPSA) is 57.6 Å². The average Bonchev–Trinajstić information content (AvgIpc) is 2.79. The van der Waals surface area contributed by atoms with Crippen LogP contribution in [0.2, 0.25) is 5.02 Å². The van der Waals surface area contributed by atoms with Gasteiger partial charge < -0.3 is 5.11 Å². The number of para-hydroxylation sites is 1. The van der Waals surface area contributed by atoms with Gasteiger partial charge in [-0.15, -0.1) is 0 Å². The van der Waals surface area contributed by atoms with Crippen LogP contribution in [-0.2, 0) is 4.79 Å². The molecule has 0 spiro atoms. The van der Waals surface area contributed by atoms with Gasteiger partial charge in [0.25, 0.3) is 11.1 Å². The van der Waals surface area contributed by atoms with E-state index in [1.165, 1.54) is 6.08 Å². The van der Waals surface area contributed by atoms with Crippen LogP contribution in [0.3, 0.4) is 0 Å². The van der Waals surface area contributed by atoms with Crippen LogP contribution in [-0.4, -0.2) is 16.3 Å². The maximum Gasteiger partial charge on any atom is 0.298 e. The summed E-state index contributed by atoms with van der Waals surface area (Å²) in [6, 6.07) is 11.9. The van der Waals surface area contributed by atoms with Crippen molar-refractivity contribution in [1.29, 1.82) is 0 Å². The number of carbonyl (C=O) groups is 2. The largest absolute Gasteiger partial charge is 0.506 e. The van der Waals surface area contributed by atoms with E-state index in [9.17, 15) is 14.7 Å². The van der Waals surface area contributed by atoms with Gasteiger partial charge in [-0.1, -0.05) is 29.8 Å². The minimum atomic E-state index is -0.416. The molecule has 0 unspecified atom stereocenters. The number of phenols is 1. The molecule has 1 saturated heterocycles. The number of carbonyl (C=O) groups excluding carboxylic acids is 2. The molecular weight excluding hydrogens is 449 g/mol. The van der Waals surface area contributed by atoms with Crippen molar-refractivity contribution in [2.75, 3.05) is 4.90 Å². The second-order valence-electron chi connectivity index (χ2n) is 4.68. The van der Waals surface area contributed by atoms with Crippen LogP contribution in [0.15, 0.2) is 47.4 Å². The Morgan fingerprint density at radius 3 is 2.57 bits per heavy atom. The molecule has 3 rings (SSSR count). The Morgan fingerprint density at radius 1 is 1.17 bits per heavy atom. The van der Waals surface area contributed by atoms with Gasteiger partial charge in [0.1, 0.15) is 5.75 Å². The Hall–Kier alpha value is -1.51. The summed E-state index contributed by atoms with van der Waals surface area (Å²) in [7, 11) is 0. The molecule has 7 heteroatoms. The predicted molar refractivity (Wildman–Crippen MR) is 101 cm³/mol. The summed E-state index contributed by atoms with van der Waals surface area (Å²) in [6.07, 6.45) is 1.48. The first-order valence-electron chi connectivity index (χ1n) is 6.48. The summed E-state index contributed by atoms with van der Waals surface area (Å²) in [6.45, 7) is 0. The van der Waals surface area contributed by atoms with E-state index in [2.05, 4.69) is 0 Å². The summed E-state index contributed by atoms with van der Waals surface area (Å²) in [5.74, 6) is -0.387. The monoisotopic (exact) mass is 457 g/mol. The third-order valence-electron chi connectivity index (χ3n) is 3.15. The van der Waals surface area contributed by atoms with Crippen molar-refractivity contribution in [1.82, 2.24) is 0 Å². The van der Waals surface area contributed by atoms with Crippen molar-refractivity contribution in [3.05, 3.63) is 61.5 Å². The highest BCUT2D eigenvalue weighted by molar-refractivity contribution is 14.1. The number of nitrogens with zero attached hydrogens (tertiary/aromatic N) is 1. The molecule has 1 fully saturated rings. The molecule has 116 valence electrons. The molecule has 0 aromatic heterocycles. The summed E-state index contributed by atoms with van der Waals surface area (Å²) in [4.78, 5) is 26.0. The number of anilines is 1. The standard InChI is InChI=1S/C16H9ClINO3S/c17-10-6-9(14(20)12(18)8-10)7-13-15(21)19(16(22)23-13)11-4-2-1-3-5-11/h1-8,20H/b13-7-. The van der Waals surface area contributed by atoms with Crippen LogP contribution in [0.4, 0.5) is 10.5 Å². The molecular formula is C16H9ClINO3S. The number of phenolic OH excluding ortho intramolecular Hbond substituents is 1. The zero-order valence-electron chi connectivity index (χ0n) is 11.5. The van der Waals surface area contributed by atoms with E-state index >= 15 is 0 Å². The summed E-state index contributed by atoms with van der Waals surface area (Å²) < 4.78 is 0.573. The lowest BCUT2D eigenvalue weighted by atomic mass is 10.2. The van der Waals surface area contributed by atoms with Crippen molar-refractivity contribution in [3.63, 3.8) is 0 Å². The predicted octanol–water partition coefficient (Wildman–Crippen LogP) is 4.89. The lowest BCUT2D eigenvalue weighted by Gasteiger charge is -2.11. The Kier molecular flexibility index (Phi) is 4.65. The highest BCUT2D eigenvalue weighted by Crippen LogP contribution is 2.38. The van der Waals surface area contributed by atoms with Gasteiger partial charge in [-0.05, 0) is 64.7 Å². The van der Waals surface area contributed by atoms with Gasteiger partial charge in [-0.3, -0.25) is 9.59 Å². The number of aromatic hydroxyl groups is 1. The van der Waals surface area contributed by atoms with E-state index in [4.69, 9.17) is 11.6 Å². The van der Waals surface area contributed by atoms with Crippen LogP contribution >= 0.6 is 46.0 Å². The Bertz CT molecular complexity index is 839. The number of amides is 2. The fraction of sp³-hybridized carbons (Fsp3) is 0. The molecule has 1 aliphatic rings.